The highest BCUT2D eigenvalue weighted by Gasteiger charge is 2.39. The predicted octanol–water partition coefficient (Wildman–Crippen LogP) is 11.9. The predicted molar refractivity (Wildman–Crippen MR) is 270 cm³/mol. The minimum atomic E-state index is -4.34. The molecule has 8 aromatic rings. The molecule has 3 unspecified atom stereocenters. The van der Waals surface area contributed by atoms with Gasteiger partial charge >= 0.3 is 13.9 Å². The summed E-state index contributed by atoms with van der Waals surface area (Å²) in [6, 6.07) is 47.9. The van der Waals surface area contributed by atoms with Crippen LogP contribution in [0.3, 0.4) is 0 Å². The summed E-state index contributed by atoms with van der Waals surface area (Å²) in [5.41, 5.74) is 10.4. The third-order valence-corrected chi connectivity index (χ3v) is 13.5. The zero-order chi connectivity index (χ0) is 49.5. The summed E-state index contributed by atoms with van der Waals surface area (Å²) in [6.07, 6.45) is 0.580. The molecule has 0 saturated carbocycles. The molecule has 360 valence electrons. The molecule has 13 nitrogen and oxygen atoms in total. The molecule has 8 rings (SSSR count). The van der Waals surface area contributed by atoms with Crippen LogP contribution < -0.4 is 20.9 Å². The lowest BCUT2D eigenvalue weighted by atomic mass is 9.85. The lowest BCUT2D eigenvalue weighted by molar-refractivity contribution is -0.127. The standard InChI is InChI=1S/C56H57N4O9P/c1-38-29-39(2)52(50(30-38)69-70(64,66-35-41-19-9-6-10-20-41)67-36-42-21-11-7-12-22-42)55(4,57)33-51(61)60-34-45(47-26-16-17-27-48(47)60)32-56(5,53(62)58-40(3)43-23-13-8-14-24-43)59-54(63)65-37-46-31-44-25-15-18-28-49(44)68-46/h6-31,34,40H,32-33,35-37,57H2,1-5H3,(H,58,62)(H,59,63). The number of fused-ring (bicyclic) bond motifs is 2. The van der Waals surface area contributed by atoms with Crippen LogP contribution in [-0.4, -0.2) is 28.0 Å². The summed E-state index contributed by atoms with van der Waals surface area (Å²) in [5, 5.41) is 7.48. The van der Waals surface area contributed by atoms with E-state index < -0.39 is 36.9 Å². The van der Waals surface area contributed by atoms with E-state index in [9.17, 15) is 18.9 Å². The van der Waals surface area contributed by atoms with Gasteiger partial charge in [0.15, 0.2) is 6.61 Å². The van der Waals surface area contributed by atoms with Gasteiger partial charge in [-0.3, -0.25) is 23.2 Å². The van der Waals surface area contributed by atoms with Gasteiger partial charge in [-0.15, -0.1) is 0 Å². The number of phosphoric ester groups is 1. The number of alkyl carbamates (subject to hydrolysis) is 1. The second-order valence-corrected chi connectivity index (χ2v) is 19.7. The molecule has 0 radical (unpaired) electrons. The molecule has 2 aromatic heterocycles. The highest BCUT2D eigenvalue weighted by atomic mass is 31.2. The summed E-state index contributed by atoms with van der Waals surface area (Å²) in [7, 11) is -4.34. The fourth-order valence-corrected chi connectivity index (χ4v) is 9.91. The van der Waals surface area contributed by atoms with Gasteiger partial charge in [-0.2, -0.15) is 0 Å². The van der Waals surface area contributed by atoms with E-state index in [4.69, 9.17) is 28.5 Å². The van der Waals surface area contributed by atoms with Crippen molar-refractivity contribution >= 4 is 47.6 Å². The van der Waals surface area contributed by atoms with Crippen LogP contribution in [0.15, 0.2) is 168 Å². The number of nitrogens with zero attached hydrogens (tertiary/aromatic N) is 1. The minimum Gasteiger partial charge on any atom is -0.457 e. The number of nitrogens with one attached hydrogen (secondary N) is 2. The number of carbonyl (C=O) groups excluding carboxylic acids is 3. The van der Waals surface area contributed by atoms with E-state index in [0.717, 1.165) is 27.6 Å². The first kappa shape index (κ1) is 49.2. The van der Waals surface area contributed by atoms with Crippen molar-refractivity contribution in [3.05, 3.63) is 209 Å². The van der Waals surface area contributed by atoms with Crippen molar-refractivity contribution in [2.75, 3.05) is 0 Å². The molecule has 0 aliphatic rings. The van der Waals surface area contributed by atoms with Crippen molar-refractivity contribution in [3.8, 4) is 5.75 Å². The van der Waals surface area contributed by atoms with Crippen molar-refractivity contribution in [2.24, 2.45) is 5.73 Å². The first-order chi connectivity index (χ1) is 33.6. The van der Waals surface area contributed by atoms with Gasteiger partial charge in [0, 0.05) is 35.4 Å². The van der Waals surface area contributed by atoms with Gasteiger partial charge in [0.05, 0.1) is 30.3 Å². The van der Waals surface area contributed by atoms with Crippen LogP contribution in [0.5, 0.6) is 5.75 Å². The van der Waals surface area contributed by atoms with E-state index >= 15 is 0 Å². The fraction of sp³-hybridized carbons (Fsp3) is 0.232. The number of amides is 2. The van der Waals surface area contributed by atoms with Crippen LogP contribution in [0, 0.1) is 13.8 Å². The summed E-state index contributed by atoms with van der Waals surface area (Å²) in [6.45, 7) is 8.66. The van der Waals surface area contributed by atoms with Gasteiger partial charge in [-0.05, 0) is 92.3 Å². The van der Waals surface area contributed by atoms with E-state index in [1.807, 2.05) is 166 Å². The highest BCUT2D eigenvalue weighted by molar-refractivity contribution is 7.48. The molecule has 0 saturated heterocycles. The van der Waals surface area contributed by atoms with E-state index in [0.29, 0.717) is 38.9 Å². The van der Waals surface area contributed by atoms with Crippen molar-refractivity contribution in [1.29, 1.82) is 0 Å². The normalized spacial score (nSPS) is 13.8. The Kier molecular flexibility index (Phi) is 14.9. The quantitative estimate of drug-likeness (QED) is 0.0662. The van der Waals surface area contributed by atoms with Gasteiger partial charge in [0.25, 0.3) is 0 Å². The Labute approximate surface area is 407 Å². The monoisotopic (exact) mass is 960 g/mol. The molecule has 0 aliphatic carbocycles. The van der Waals surface area contributed by atoms with Gasteiger partial charge in [0.2, 0.25) is 11.8 Å². The molecule has 4 N–H and O–H groups in total. The molecule has 0 bridgehead atoms. The number of hydrogen-bond donors (Lipinski definition) is 3. The maximum Gasteiger partial charge on any atom is 0.530 e. The molecule has 70 heavy (non-hydrogen) atoms. The van der Waals surface area contributed by atoms with Crippen LogP contribution in [0.2, 0.25) is 0 Å². The lowest BCUT2D eigenvalue weighted by Crippen LogP contribution is -2.58. The van der Waals surface area contributed by atoms with E-state index in [1.54, 1.807) is 32.2 Å². The second kappa shape index (κ2) is 21.2. The topological polar surface area (TPSA) is 173 Å². The number of phosphoric acid groups is 1. The molecule has 0 spiro atoms. The number of carbonyl (C=O) groups is 3. The lowest BCUT2D eigenvalue weighted by Gasteiger charge is -2.31. The van der Waals surface area contributed by atoms with Crippen molar-refractivity contribution in [2.45, 2.75) is 84.4 Å². The van der Waals surface area contributed by atoms with Gasteiger partial charge in [-0.25, -0.2) is 9.36 Å². The Morgan fingerprint density at radius 2 is 1.36 bits per heavy atom. The van der Waals surface area contributed by atoms with Gasteiger partial charge < -0.3 is 30.0 Å². The Balaban J connectivity index is 1.07. The molecule has 6 aromatic carbocycles. The van der Waals surface area contributed by atoms with Gasteiger partial charge in [0.1, 0.15) is 22.6 Å². The molecular weight excluding hydrogens is 904 g/mol. The molecular formula is C56H57N4O9P. The van der Waals surface area contributed by atoms with Crippen molar-refractivity contribution in [3.63, 3.8) is 0 Å². The van der Waals surface area contributed by atoms with Gasteiger partial charge in [-0.1, -0.05) is 133 Å². The molecule has 2 heterocycles. The summed E-state index contributed by atoms with van der Waals surface area (Å²) >= 11 is 0. The average Bonchev–Trinajstić information content (AvgIpc) is 3.94. The zero-order valence-corrected chi connectivity index (χ0v) is 40.7. The minimum absolute atomic E-state index is 0.0307. The second-order valence-electron chi connectivity index (χ2n) is 18.1. The third-order valence-electron chi connectivity index (χ3n) is 12.2. The zero-order valence-electron chi connectivity index (χ0n) is 39.8. The Morgan fingerprint density at radius 3 is 2.01 bits per heavy atom. The first-order valence-corrected chi connectivity index (χ1v) is 24.5. The van der Waals surface area contributed by atoms with E-state index in [1.165, 1.54) is 4.57 Å². The average molecular weight is 961 g/mol. The number of nitrogens with two attached hydrogens (primary N) is 1. The number of benzene rings is 6. The number of aryl methyl sites for hydroxylation is 2. The molecule has 2 amide bonds. The largest absolute Gasteiger partial charge is 0.530 e. The number of rotatable bonds is 19. The van der Waals surface area contributed by atoms with Crippen LogP contribution in [0.25, 0.3) is 21.9 Å². The highest BCUT2D eigenvalue weighted by Crippen LogP contribution is 2.53. The summed E-state index contributed by atoms with van der Waals surface area (Å²) in [4.78, 5) is 42.9. The van der Waals surface area contributed by atoms with Crippen LogP contribution in [-0.2, 0) is 54.9 Å². The van der Waals surface area contributed by atoms with E-state index in [2.05, 4.69) is 10.6 Å². The number of furan rings is 1. The van der Waals surface area contributed by atoms with Crippen LogP contribution in [0.4, 0.5) is 4.79 Å². The number of aromatic nitrogens is 1. The Hall–Kier alpha value is -7.28. The SMILES string of the molecule is Cc1cc(C)c(C(C)(N)CC(=O)n2cc(CC(C)(NC(=O)OCc3cc4ccccc4o3)C(=O)NC(C)c3ccccc3)c3ccccc32)c(OP(=O)(OCc2ccccc2)OCc2ccccc2)c1. The fourth-order valence-electron chi connectivity index (χ4n) is 8.73. The van der Waals surface area contributed by atoms with Crippen LogP contribution in [0.1, 0.15) is 82.7 Å². The maximum absolute atomic E-state index is 14.8. The first-order valence-electron chi connectivity index (χ1n) is 23.1. The van der Waals surface area contributed by atoms with Crippen molar-refractivity contribution in [1.82, 2.24) is 15.2 Å². The third kappa shape index (κ3) is 11.8. The molecule has 3 atom stereocenters. The maximum atomic E-state index is 14.8. The number of hydrogen-bond acceptors (Lipinski definition) is 10. The number of ether oxygens (including phenoxy) is 1. The van der Waals surface area contributed by atoms with Crippen molar-refractivity contribution < 1.29 is 41.7 Å². The Morgan fingerprint density at radius 1 is 0.757 bits per heavy atom. The summed E-state index contributed by atoms with van der Waals surface area (Å²) in [5.74, 6) is -0.246. The van der Waals surface area contributed by atoms with Crippen LogP contribution >= 0.6 is 7.82 Å². The van der Waals surface area contributed by atoms with E-state index in [-0.39, 0.29) is 44.3 Å². The molecule has 14 heteroatoms. The number of para-hydroxylation sites is 2. The smallest absolute Gasteiger partial charge is 0.457 e. The molecule has 0 aliphatic heterocycles. The Bertz CT molecular complexity index is 3090. The summed E-state index contributed by atoms with van der Waals surface area (Å²) < 4.78 is 46.0. The molecule has 0 fully saturated rings.